The molecular weight excluding hydrogens is 214 g/mol. The monoisotopic (exact) mass is 224 g/mol. The zero-order valence-corrected chi connectivity index (χ0v) is 8.61. The molecule has 0 radical (unpaired) electrons. The second kappa shape index (κ2) is 5.45. The van der Waals surface area contributed by atoms with Gasteiger partial charge in [0.25, 0.3) is 0 Å². The molecule has 0 aliphatic heterocycles. The van der Waals surface area contributed by atoms with Gasteiger partial charge in [-0.3, -0.25) is 0 Å². The van der Waals surface area contributed by atoms with Crippen LogP contribution in [0.1, 0.15) is 0 Å². The Hall–Kier alpha value is -1.43. The summed E-state index contributed by atoms with van der Waals surface area (Å²) in [4.78, 5) is 0. The minimum atomic E-state index is -2.86. The van der Waals surface area contributed by atoms with E-state index in [0.29, 0.717) is 0 Å². The molecule has 80 valence electrons. The van der Waals surface area contributed by atoms with E-state index in [1.807, 2.05) is 30.3 Å². The highest BCUT2D eigenvalue weighted by Gasteiger charge is 1.92. The Morgan fingerprint density at radius 2 is 1.67 bits per heavy atom. The maximum Gasteiger partial charge on any atom is 0.0814 e. The van der Waals surface area contributed by atoms with Gasteiger partial charge in [-0.15, -0.1) is 0 Å². The van der Waals surface area contributed by atoms with E-state index in [4.69, 9.17) is 19.0 Å². The molecule has 0 aromatic heterocycles. The fourth-order valence-corrected chi connectivity index (χ4v) is 1.25. The van der Waals surface area contributed by atoms with Gasteiger partial charge < -0.3 is 14.8 Å². The van der Waals surface area contributed by atoms with Crippen LogP contribution in [0.5, 0.6) is 0 Å². The van der Waals surface area contributed by atoms with Gasteiger partial charge in [0.15, 0.2) is 0 Å². The summed E-state index contributed by atoms with van der Waals surface area (Å²) in [6.45, 7) is 0. The van der Waals surface area contributed by atoms with Crippen LogP contribution in [0, 0.1) is 0 Å². The van der Waals surface area contributed by atoms with Gasteiger partial charge in [-0.1, -0.05) is 36.4 Å². The van der Waals surface area contributed by atoms with Crippen LogP contribution >= 0.6 is 0 Å². The number of benzene rings is 2. The van der Waals surface area contributed by atoms with E-state index in [-0.39, 0.29) is 0 Å². The molecule has 0 spiro atoms. The van der Waals surface area contributed by atoms with Crippen molar-refractivity contribution in [1.82, 2.24) is 0 Å². The first-order valence-corrected chi connectivity index (χ1v) is 5.16. The summed E-state index contributed by atoms with van der Waals surface area (Å²) in [6.07, 6.45) is 0. The first kappa shape index (κ1) is 11.6. The van der Waals surface area contributed by atoms with Crippen LogP contribution in [0.4, 0.5) is 5.69 Å². The molecule has 1 atom stereocenters. The number of hydrogen-bond acceptors (Lipinski definition) is 3. The third-order valence-electron chi connectivity index (χ3n) is 1.82. The molecule has 1 unspecified atom stereocenters. The molecule has 2 rings (SSSR count). The van der Waals surface area contributed by atoms with Crippen LogP contribution in [0.25, 0.3) is 10.8 Å². The van der Waals surface area contributed by atoms with Crippen molar-refractivity contribution in [2.75, 3.05) is 5.73 Å². The van der Waals surface area contributed by atoms with E-state index >= 15 is 0 Å². The molecular formula is C10H10NO3S-. The van der Waals surface area contributed by atoms with Crippen molar-refractivity contribution >= 4 is 27.8 Å². The summed E-state index contributed by atoms with van der Waals surface area (Å²) in [5.74, 6) is 0. The maximum absolute atomic E-state index is 8.56. The SMILES string of the molecule is Nc1cccc2ccccc12.O=S([O-])O. The van der Waals surface area contributed by atoms with Crippen LogP contribution in [0.3, 0.4) is 0 Å². The van der Waals surface area contributed by atoms with Gasteiger partial charge in [-0.25, -0.2) is 4.21 Å². The van der Waals surface area contributed by atoms with Crippen molar-refractivity contribution in [2.24, 2.45) is 0 Å². The first-order chi connectivity index (χ1) is 7.11. The Labute approximate surface area is 89.8 Å². The van der Waals surface area contributed by atoms with Gasteiger partial charge in [0.1, 0.15) is 0 Å². The van der Waals surface area contributed by atoms with Crippen molar-refractivity contribution in [3.05, 3.63) is 42.5 Å². The topological polar surface area (TPSA) is 86.4 Å². The highest BCUT2D eigenvalue weighted by Crippen LogP contribution is 2.19. The van der Waals surface area contributed by atoms with Crippen LogP contribution < -0.4 is 5.73 Å². The lowest BCUT2D eigenvalue weighted by atomic mass is 10.1. The Bertz CT molecular complexity index is 464. The Kier molecular flexibility index (Phi) is 4.23. The molecule has 2 aromatic carbocycles. The summed E-state index contributed by atoms with van der Waals surface area (Å²) >= 11 is -2.86. The van der Waals surface area contributed by atoms with Crippen molar-refractivity contribution in [2.45, 2.75) is 0 Å². The quantitative estimate of drug-likeness (QED) is 0.527. The normalized spacial score (nSPS) is 11.6. The lowest BCUT2D eigenvalue weighted by molar-refractivity contribution is 0.436. The van der Waals surface area contributed by atoms with E-state index in [0.717, 1.165) is 11.1 Å². The Balaban J connectivity index is 0.000000245. The number of nitrogen functional groups attached to an aromatic ring is 1. The predicted octanol–water partition coefficient (Wildman–Crippen LogP) is 1.76. The molecule has 2 aromatic rings. The van der Waals surface area contributed by atoms with Crippen molar-refractivity contribution in [3.63, 3.8) is 0 Å². The zero-order valence-electron chi connectivity index (χ0n) is 7.79. The first-order valence-electron chi connectivity index (χ1n) is 4.13. The summed E-state index contributed by atoms with van der Waals surface area (Å²) in [6, 6.07) is 14.1. The summed E-state index contributed by atoms with van der Waals surface area (Å²) < 4.78 is 24.1. The molecule has 5 heteroatoms. The van der Waals surface area contributed by atoms with Gasteiger partial charge in [-0.2, -0.15) is 0 Å². The molecule has 0 amide bonds. The van der Waals surface area contributed by atoms with Crippen LogP contribution in [0.15, 0.2) is 42.5 Å². The van der Waals surface area contributed by atoms with Crippen LogP contribution in [0.2, 0.25) is 0 Å². The summed E-state index contributed by atoms with van der Waals surface area (Å²) in [7, 11) is 0. The summed E-state index contributed by atoms with van der Waals surface area (Å²) in [5.41, 5.74) is 6.61. The predicted molar refractivity (Wildman–Crippen MR) is 59.9 cm³/mol. The number of hydrogen-bond donors (Lipinski definition) is 2. The molecule has 0 bridgehead atoms. The Morgan fingerprint density at radius 1 is 1.13 bits per heavy atom. The molecule has 0 saturated heterocycles. The Morgan fingerprint density at radius 3 is 2.27 bits per heavy atom. The fraction of sp³-hybridized carbons (Fsp3) is 0. The highest BCUT2D eigenvalue weighted by atomic mass is 32.2. The minimum absolute atomic E-state index is 0.850. The zero-order chi connectivity index (χ0) is 11.3. The van der Waals surface area contributed by atoms with E-state index in [1.54, 1.807) is 0 Å². The molecule has 4 nitrogen and oxygen atoms in total. The molecule has 0 saturated carbocycles. The fourth-order valence-electron chi connectivity index (χ4n) is 1.25. The average molecular weight is 224 g/mol. The third-order valence-corrected chi connectivity index (χ3v) is 1.82. The lowest BCUT2D eigenvalue weighted by Gasteiger charge is -1.98. The standard InChI is InChI=1S/C10H9N.H2O3S/c11-10-7-3-5-8-4-1-2-6-9(8)10;1-4(2)3/h1-7H,11H2;(H2,1,2,3)/p-1. The van der Waals surface area contributed by atoms with Gasteiger partial charge in [0.2, 0.25) is 0 Å². The lowest BCUT2D eigenvalue weighted by Crippen LogP contribution is -1.84. The van der Waals surface area contributed by atoms with Gasteiger partial charge in [0.05, 0.1) is 11.4 Å². The molecule has 0 heterocycles. The van der Waals surface area contributed by atoms with Crippen molar-refractivity contribution in [3.8, 4) is 0 Å². The third kappa shape index (κ3) is 3.67. The summed E-state index contributed by atoms with van der Waals surface area (Å²) in [5, 5.41) is 2.34. The average Bonchev–Trinajstić information content (AvgIpc) is 2.18. The van der Waals surface area contributed by atoms with Gasteiger partial charge >= 0.3 is 0 Å². The number of rotatable bonds is 0. The van der Waals surface area contributed by atoms with Crippen LogP contribution in [-0.2, 0) is 11.4 Å². The molecule has 3 N–H and O–H groups in total. The number of nitrogens with two attached hydrogens (primary N) is 1. The van der Waals surface area contributed by atoms with Gasteiger partial charge in [-0.05, 0) is 11.5 Å². The molecule has 0 aliphatic carbocycles. The van der Waals surface area contributed by atoms with E-state index < -0.39 is 11.4 Å². The number of fused-ring (bicyclic) bond motifs is 1. The van der Waals surface area contributed by atoms with E-state index in [1.165, 1.54) is 5.39 Å². The van der Waals surface area contributed by atoms with Crippen molar-refractivity contribution in [1.29, 1.82) is 0 Å². The minimum Gasteiger partial charge on any atom is -0.750 e. The maximum atomic E-state index is 8.56. The van der Waals surface area contributed by atoms with E-state index in [9.17, 15) is 0 Å². The largest absolute Gasteiger partial charge is 0.750 e. The van der Waals surface area contributed by atoms with Crippen LogP contribution in [-0.4, -0.2) is 13.3 Å². The molecule has 0 fully saturated rings. The van der Waals surface area contributed by atoms with E-state index in [2.05, 4.69) is 12.1 Å². The second-order valence-electron chi connectivity index (χ2n) is 2.79. The molecule has 15 heavy (non-hydrogen) atoms. The van der Waals surface area contributed by atoms with Crippen molar-refractivity contribution < 1.29 is 13.3 Å². The molecule has 0 aliphatic rings. The number of anilines is 1. The second-order valence-corrected chi connectivity index (χ2v) is 3.22. The smallest absolute Gasteiger partial charge is 0.0814 e. The van der Waals surface area contributed by atoms with Gasteiger partial charge in [0, 0.05) is 11.1 Å². The highest BCUT2D eigenvalue weighted by molar-refractivity contribution is 7.73.